The van der Waals surface area contributed by atoms with Crippen LogP contribution in [0.15, 0.2) is 0 Å². The molecular formula is C17H28N2O4. The molecule has 2 amide bonds. The zero-order chi connectivity index (χ0) is 17.7. The van der Waals surface area contributed by atoms with E-state index in [1.807, 2.05) is 20.8 Å². The Bertz CT molecular complexity index is 535. The molecule has 130 valence electrons. The molecular weight excluding hydrogens is 296 g/mol. The number of rotatable bonds is 4. The third-order valence-corrected chi connectivity index (χ3v) is 5.48. The molecule has 2 rings (SSSR count). The fraction of sp³-hybridized carbons (Fsp3) is 0.824. The summed E-state index contributed by atoms with van der Waals surface area (Å²) in [6.07, 6.45) is 0.292. The maximum absolute atomic E-state index is 13.0. The molecule has 23 heavy (non-hydrogen) atoms. The van der Waals surface area contributed by atoms with Crippen molar-refractivity contribution in [2.24, 2.45) is 22.7 Å². The Kier molecular flexibility index (Phi) is 4.24. The van der Waals surface area contributed by atoms with Gasteiger partial charge in [-0.05, 0) is 16.7 Å². The Labute approximate surface area is 137 Å². The molecule has 0 unspecified atom stereocenters. The molecule has 0 aromatic heterocycles. The molecule has 6 nitrogen and oxygen atoms in total. The molecule has 2 N–H and O–H groups in total. The molecule has 1 heterocycles. The standard InChI is InChI=1S/C17H28N2O4/c1-7-10(20)18-13(16(2,3)4)14(21)19-8-9-11(17(9,5)6)12(19)15(22)23/h9,11-13H,7-8H2,1-6H3,(H,18,20)(H,22,23)/t9-,11-,12-,13+/m0/s1. The van der Waals surface area contributed by atoms with Crippen LogP contribution in [0.5, 0.6) is 0 Å². The Balaban J connectivity index is 2.23. The fourth-order valence-electron chi connectivity index (χ4n) is 3.87. The Morgan fingerprint density at radius 3 is 2.30 bits per heavy atom. The highest BCUT2D eigenvalue weighted by atomic mass is 16.4. The number of carbonyl (C=O) groups is 3. The van der Waals surface area contributed by atoms with Crippen molar-refractivity contribution in [3.8, 4) is 0 Å². The van der Waals surface area contributed by atoms with Gasteiger partial charge in [0.25, 0.3) is 0 Å². The molecule has 6 heteroatoms. The van der Waals surface area contributed by atoms with Crippen LogP contribution in [-0.4, -0.2) is 46.4 Å². The average molecular weight is 324 g/mol. The van der Waals surface area contributed by atoms with Crippen molar-refractivity contribution in [2.45, 2.75) is 60.0 Å². The second kappa shape index (κ2) is 5.49. The first kappa shape index (κ1) is 17.8. The van der Waals surface area contributed by atoms with E-state index in [0.29, 0.717) is 13.0 Å². The molecule has 1 saturated heterocycles. The summed E-state index contributed by atoms with van der Waals surface area (Å²) < 4.78 is 0. The number of aliphatic carboxylic acids is 1. The van der Waals surface area contributed by atoms with Crippen LogP contribution >= 0.6 is 0 Å². The second-order valence-corrected chi connectivity index (χ2v) is 8.45. The molecule has 2 aliphatic rings. The fourth-order valence-corrected chi connectivity index (χ4v) is 3.87. The number of fused-ring (bicyclic) bond motifs is 1. The molecule has 0 radical (unpaired) electrons. The van der Waals surface area contributed by atoms with Gasteiger partial charge in [0.15, 0.2) is 0 Å². The number of carbonyl (C=O) groups excluding carboxylic acids is 2. The van der Waals surface area contributed by atoms with E-state index in [-0.39, 0.29) is 29.1 Å². The number of nitrogens with one attached hydrogen (secondary N) is 1. The topological polar surface area (TPSA) is 86.7 Å². The van der Waals surface area contributed by atoms with E-state index in [2.05, 4.69) is 19.2 Å². The van der Waals surface area contributed by atoms with Crippen molar-refractivity contribution in [3.05, 3.63) is 0 Å². The number of likely N-dealkylation sites (tertiary alicyclic amines) is 1. The lowest BCUT2D eigenvalue weighted by molar-refractivity contribution is -0.152. The lowest BCUT2D eigenvalue weighted by Gasteiger charge is -2.36. The summed E-state index contributed by atoms with van der Waals surface area (Å²) in [4.78, 5) is 37.9. The van der Waals surface area contributed by atoms with Gasteiger partial charge in [0.2, 0.25) is 11.8 Å². The molecule has 0 spiro atoms. The van der Waals surface area contributed by atoms with Gasteiger partial charge < -0.3 is 15.3 Å². The highest BCUT2D eigenvalue weighted by molar-refractivity contribution is 5.92. The first-order valence-electron chi connectivity index (χ1n) is 8.25. The first-order valence-corrected chi connectivity index (χ1v) is 8.25. The summed E-state index contributed by atoms with van der Waals surface area (Å²) in [6, 6.07) is -1.50. The molecule has 1 aliphatic heterocycles. The normalized spacial score (nSPS) is 29.7. The minimum atomic E-state index is -0.953. The van der Waals surface area contributed by atoms with E-state index in [9.17, 15) is 19.5 Å². The smallest absolute Gasteiger partial charge is 0.326 e. The van der Waals surface area contributed by atoms with Gasteiger partial charge in [0, 0.05) is 18.9 Å². The molecule has 4 atom stereocenters. The Hall–Kier alpha value is -1.59. The minimum absolute atomic E-state index is 0.00597. The number of piperidine rings is 1. The van der Waals surface area contributed by atoms with E-state index >= 15 is 0 Å². The predicted octanol–water partition coefficient (Wildman–Crippen LogP) is 1.49. The quantitative estimate of drug-likeness (QED) is 0.820. The summed E-state index contributed by atoms with van der Waals surface area (Å²) in [5.74, 6) is -1.20. The van der Waals surface area contributed by atoms with Gasteiger partial charge in [-0.3, -0.25) is 9.59 Å². The van der Waals surface area contributed by atoms with Crippen molar-refractivity contribution in [1.29, 1.82) is 0 Å². The lowest BCUT2D eigenvalue weighted by atomic mass is 9.85. The van der Waals surface area contributed by atoms with E-state index in [0.717, 1.165) is 0 Å². The van der Waals surface area contributed by atoms with E-state index < -0.39 is 23.5 Å². The SMILES string of the molecule is CCC(=O)N[C@H](C(=O)N1C[C@H]2[C@@H]([C@H]1C(=O)O)C2(C)C)C(C)(C)C. The van der Waals surface area contributed by atoms with Gasteiger partial charge in [-0.15, -0.1) is 0 Å². The zero-order valence-electron chi connectivity index (χ0n) is 14.8. The number of hydrogen-bond acceptors (Lipinski definition) is 3. The largest absolute Gasteiger partial charge is 0.480 e. The summed E-state index contributed by atoms with van der Waals surface area (Å²) in [5, 5.41) is 12.4. The second-order valence-electron chi connectivity index (χ2n) is 8.45. The van der Waals surface area contributed by atoms with Crippen LogP contribution in [0, 0.1) is 22.7 Å². The first-order chi connectivity index (χ1) is 10.4. The molecule has 0 aromatic rings. The van der Waals surface area contributed by atoms with Gasteiger partial charge in [0.05, 0.1) is 0 Å². The molecule has 0 aromatic carbocycles. The average Bonchev–Trinajstić information content (AvgIpc) is 2.81. The van der Waals surface area contributed by atoms with Crippen molar-refractivity contribution in [1.82, 2.24) is 10.2 Å². The van der Waals surface area contributed by atoms with E-state index in [1.165, 1.54) is 4.90 Å². The van der Waals surface area contributed by atoms with Crippen LogP contribution in [0.25, 0.3) is 0 Å². The highest BCUT2D eigenvalue weighted by Gasteiger charge is 2.70. The Morgan fingerprint density at radius 1 is 1.30 bits per heavy atom. The summed E-state index contributed by atoms with van der Waals surface area (Å²) in [6.45, 7) is 11.9. The lowest BCUT2D eigenvalue weighted by Crippen LogP contribution is -2.58. The van der Waals surface area contributed by atoms with E-state index in [4.69, 9.17) is 0 Å². The molecule has 1 saturated carbocycles. The van der Waals surface area contributed by atoms with Gasteiger partial charge >= 0.3 is 5.97 Å². The van der Waals surface area contributed by atoms with Gasteiger partial charge in [-0.25, -0.2) is 4.79 Å². The molecule has 1 aliphatic carbocycles. The molecule has 2 fully saturated rings. The van der Waals surface area contributed by atoms with Gasteiger partial charge in [-0.2, -0.15) is 0 Å². The summed E-state index contributed by atoms with van der Waals surface area (Å²) in [5.41, 5.74) is -0.503. The van der Waals surface area contributed by atoms with Crippen molar-refractivity contribution < 1.29 is 19.5 Å². The number of carboxylic acid groups (broad SMARTS) is 1. The zero-order valence-corrected chi connectivity index (χ0v) is 14.8. The highest BCUT2D eigenvalue weighted by Crippen LogP contribution is 2.64. The number of carboxylic acids is 1. The van der Waals surface area contributed by atoms with Crippen molar-refractivity contribution in [2.75, 3.05) is 6.54 Å². The van der Waals surface area contributed by atoms with Crippen LogP contribution in [0.3, 0.4) is 0 Å². The third-order valence-electron chi connectivity index (χ3n) is 5.48. The number of hydrogen-bond donors (Lipinski definition) is 2. The predicted molar refractivity (Wildman–Crippen MR) is 85.6 cm³/mol. The number of nitrogens with zero attached hydrogens (tertiary/aromatic N) is 1. The molecule has 0 bridgehead atoms. The third kappa shape index (κ3) is 2.95. The van der Waals surface area contributed by atoms with Crippen LogP contribution in [0.4, 0.5) is 0 Å². The summed E-state index contributed by atoms with van der Waals surface area (Å²) >= 11 is 0. The van der Waals surface area contributed by atoms with Crippen molar-refractivity contribution >= 4 is 17.8 Å². The maximum atomic E-state index is 13.0. The maximum Gasteiger partial charge on any atom is 0.326 e. The summed E-state index contributed by atoms with van der Waals surface area (Å²) in [7, 11) is 0. The minimum Gasteiger partial charge on any atom is -0.480 e. The van der Waals surface area contributed by atoms with Crippen molar-refractivity contribution in [3.63, 3.8) is 0 Å². The van der Waals surface area contributed by atoms with Gasteiger partial charge in [-0.1, -0.05) is 41.5 Å². The van der Waals surface area contributed by atoms with Gasteiger partial charge in [0.1, 0.15) is 12.1 Å². The van der Waals surface area contributed by atoms with Crippen LogP contribution in [-0.2, 0) is 14.4 Å². The van der Waals surface area contributed by atoms with Crippen LogP contribution < -0.4 is 5.32 Å². The van der Waals surface area contributed by atoms with E-state index in [1.54, 1.807) is 6.92 Å². The number of amides is 2. The van der Waals surface area contributed by atoms with Crippen LogP contribution in [0.1, 0.15) is 48.0 Å². The monoisotopic (exact) mass is 324 g/mol. The Morgan fingerprint density at radius 2 is 1.87 bits per heavy atom. The van der Waals surface area contributed by atoms with Crippen LogP contribution in [0.2, 0.25) is 0 Å².